The van der Waals surface area contributed by atoms with Gasteiger partial charge < -0.3 is 5.32 Å². The van der Waals surface area contributed by atoms with Gasteiger partial charge in [-0.1, -0.05) is 11.6 Å². The zero-order valence-corrected chi connectivity index (χ0v) is 10.7. The van der Waals surface area contributed by atoms with Crippen LogP contribution >= 0.6 is 11.6 Å². The molecule has 0 aliphatic rings. The number of anilines is 2. The van der Waals surface area contributed by atoms with Crippen LogP contribution in [-0.4, -0.2) is 4.98 Å². The second-order valence-electron chi connectivity index (χ2n) is 3.94. The van der Waals surface area contributed by atoms with Gasteiger partial charge in [-0.25, -0.2) is 18.2 Å². The Bertz CT molecular complexity index is 663. The van der Waals surface area contributed by atoms with Crippen molar-refractivity contribution in [2.24, 2.45) is 0 Å². The number of nitrogens with one attached hydrogen (secondary N) is 1. The molecule has 0 saturated carbocycles. The molecule has 2 rings (SSSR count). The van der Waals surface area contributed by atoms with E-state index in [-0.39, 0.29) is 11.5 Å². The van der Waals surface area contributed by atoms with Gasteiger partial charge in [0.15, 0.2) is 17.5 Å². The second kappa shape index (κ2) is 5.44. The lowest BCUT2D eigenvalue weighted by Crippen LogP contribution is -2.07. The lowest BCUT2D eigenvalue weighted by Gasteiger charge is -2.11. The molecule has 1 heterocycles. The fourth-order valence-corrected chi connectivity index (χ4v) is 1.71. The van der Waals surface area contributed by atoms with Crippen LogP contribution in [0.15, 0.2) is 24.3 Å². The van der Waals surface area contributed by atoms with Crippen LogP contribution in [-0.2, 0) is 6.18 Å². The van der Waals surface area contributed by atoms with E-state index in [1.54, 1.807) is 0 Å². The lowest BCUT2D eigenvalue weighted by molar-refractivity contribution is -0.137. The summed E-state index contributed by atoms with van der Waals surface area (Å²) in [4.78, 5) is 3.54. The molecule has 112 valence electrons. The van der Waals surface area contributed by atoms with E-state index in [1.165, 1.54) is 0 Å². The zero-order chi connectivity index (χ0) is 15.8. The summed E-state index contributed by atoms with van der Waals surface area (Å²) in [6.07, 6.45) is -4.66. The van der Waals surface area contributed by atoms with Crippen LogP contribution in [0.3, 0.4) is 0 Å². The predicted octanol–water partition coefficient (Wildman–Crippen LogP) is 4.91. The van der Waals surface area contributed by atoms with E-state index in [4.69, 9.17) is 11.6 Å². The molecular weight excluding hydrogens is 322 g/mol. The Morgan fingerprint density at radius 1 is 0.952 bits per heavy atom. The van der Waals surface area contributed by atoms with Crippen molar-refractivity contribution in [2.45, 2.75) is 6.18 Å². The quantitative estimate of drug-likeness (QED) is 0.481. The van der Waals surface area contributed by atoms with Crippen molar-refractivity contribution in [3.8, 4) is 0 Å². The lowest BCUT2D eigenvalue weighted by atomic mass is 10.2. The summed E-state index contributed by atoms with van der Waals surface area (Å²) in [6, 6.07) is 2.35. The highest BCUT2D eigenvalue weighted by Gasteiger charge is 2.31. The highest BCUT2D eigenvalue weighted by Crippen LogP contribution is 2.32. The SMILES string of the molecule is Fc1cc(Nc2cc(C(F)(F)F)cc(Cl)n2)cc(F)c1F. The van der Waals surface area contributed by atoms with E-state index in [0.29, 0.717) is 24.3 Å². The Balaban J connectivity index is 2.38. The Kier molecular flexibility index (Phi) is 3.99. The number of pyridine rings is 1. The molecule has 1 aromatic heterocycles. The third kappa shape index (κ3) is 3.57. The number of aromatic nitrogens is 1. The fourth-order valence-electron chi connectivity index (χ4n) is 1.50. The van der Waals surface area contributed by atoms with E-state index < -0.39 is 34.3 Å². The summed E-state index contributed by atoms with van der Waals surface area (Å²) >= 11 is 5.45. The van der Waals surface area contributed by atoms with Crippen LogP contribution in [0.5, 0.6) is 0 Å². The monoisotopic (exact) mass is 326 g/mol. The minimum absolute atomic E-state index is 0.311. The first-order chi connectivity index (χ1) is 9.66. The maximum absolute atomic E-state index is 13.0. The van der Waals surface area contributed by atoms with Crippen molar-refractivity contribution >= 4 is 23.1 Å². The number of rotatable bonds is 2. The smallest absolute Gasteiger partial charge is 0.340 e. The average Bonchev–Trinajstić information content (AvgIpc) is 2.34. The molecule has 0 unspecified atom stereocenters. The standard InChI is InChI=1S/C12H5ClF6N2/c13-9-1-5(12(17,18)19)2-10(21-9)20-6-3-7(14)11(16)8(15)4-6/h1-4H,(H,20,21). The molecule has 0 spiro atoms. The van der Waals surface area contributed by atoms with E-state index in [2.05, 4.69) is 10.3 Å². The zero-order valence-electron chi connectivity index (χ0n) is 9.90. The van der Waals surface area contributed by atoms with E-state index in [0.717, 1.165) is 0 Å². The van der Waals surface area contributed by atoms with Gasteiger partial charge in [0.25, 0.3) is 0 Å². The molecule has 2 nitrogen and oxygen atoms in total. The van der Waals surface area contributed by atoms with Crippen LogP contribution in [0.4, 0.5) is 37.8 Å². The molecule has 9 heteroatoms. The van der Waals surface area contributed by atoms with Gasteiger partial charge in [0, 0.05) is 17.8 Å². The Labute approximate surface area is 119 Å². The van der Waals surface area contributed by atoms with Gasteiger partial charge in [0.2, 0.25) is 0 Å². The second-order valence-corrected chi connectivity index (χ2v) is 4.33. The third-order valence-corrected chi connectivity index (χ3v) is 2.57. The van der Waals surface area contributed by atoms with Gasteiger partial charge in [-0.15, -0.1) is 0 Å². The average molecular weight is 327 g/mol. The van der Waals surface area contributed by atoms with Gasteiger partial charge in [0.1, 0.15) is 11.0 Å². The number of hydrogen-bond donors (Lipinski definition) is 1. The molecule has 0 bridgehead atoms. The van der Waals surface area contributed by atoms with Crippen LogP contribution in [0, 0.1) is 17.5 Å². The summed E-state index contributed by atoms with van der Waals surface area (Å²) in [5.74, 6) is -5.05. The maximum Gasteiger partial charge on any atom is 0.416 e. The molecule has 0 atom stereocenters. The fraction of sp³-hybridized carbons (Fsp3) is 0.0833. The normalized spacial score (nSPS) is 11.6. The Morgan fingerprint density at radius 2 is 1.52 bits per heavy atom. The van der Waals surface area contributed by atoms with Crippen molar-refractivity contribution in [1.29, 1.82) is 0 Å². The van der Waals surface area contributed by atoms with Gasteiger partial charge in [-0.05, 0) is 12.1 Å². The van der Waals surface area contributed by atoms with Crippen LogP contribution in [0.25, 0.3) is 0 Å². The van der Waals surface area contributed by atoms with Crippen LogP contribution < -0.4 is 5.32 Å². The van der Waals surface area contributed by atoms with Crippen molar-refractivity contribution in [3.05, 3.63) is 52.4 Å². The van der Waals surface area contributed by atoms with Gasteiger partial charge in [0.05, 0.1) is 5.56 Å². The van der Waals surface area contributed by atoms with E-state index in [9.17, 15) is 26.3 Å². The summed E-state index contributed by atoms with van der Waals surface area (Å²) in [5, 5.41) is 1.76. The number of alkyl halides is 3. The first kappa shape index (κ1) is 15.4. The molecule has 0 radical (unpaired) electrons. The number of hydrogen-bond acceptors (Lipinski definition) is 2. The third-order valence-electron chi connectivity index (χ3n) is 2.38. The summed E-state index contributed by atoms with van der Waals surface area (Å²) < 4.78 is 76.5. The molecule has 1 N–H and O–H groups in total. The molecule has 2 aromatic rings. The van der Waals surface area contributed by atoms with Crippen LogP contribution in [0.2, 0.25) is 5.15 Å². The molecular formula is C12H5ClF6N2. The molecule has 0 aliphatic carbocycles. The Morgan fingerprint density at radius 3 is 2.05 bits per heavy atom. The molecule has 0 amide bonds. The van der Waals surface area contributed by atoms with Crippen molar-refractivity contribution < 1.29 is 26.3 Å². The minimum Gasteiger partial charge on any atom is -0.340 e. The summed E-state index contributed by atoms with van der Waals surface area (Å²) in [6.45, 7) is 0. The first-order valence-corrected chi connectivity index (χ1v) is 5.71. The number of benzene rings is 1. The first-order valence-electron chi connectivity index (χ1n) is 5.33. The number of halogens is 7. The van der Waals surface area contributed by atoms with Crippen LogP contribution in [0.1, 0.15) is 5.56 Å². The van der Waals surface area contributed by atoms with Crippen molar-refractivity contribution in [2.75, 3.05) is 5.32 Å². The summed E-state index contributed by atoms with van der Waals surface area (Å²) in [7, 11) is 0. The maximum atomic E-state index is 13.0. The van der Waals surface area contributed by atoms with E-state index in [1.807, 2.05) is 0 Å². The largest absolute Gasteiger partial charge is 0.416 e. The van der Waals surface area contributed by atoms with Gasteiger partial charge >= 0.3 is 6.18 Å². The molecule has 1 aromatic carbocycles. The van der Waals surface area contributed by atoms with Gasteiger partial charge in [-0.2, -0.15) is 13.2 Å². The summed E-state index contributed by atoms with van der Waals surface area (Å²) in [5.41, 5.74) is -1.40. The molecule has 0 fully saturated rings. The minimum atomic E-state index is -4.66. The topological polar surface area (TPSA) is 24.9 Å². The number of nitrogens with zero attached hydrogens (tertiary/aromatic N) is 1. The molecule has 0 saturated heterocycles. The predicted molar refractivity (Wildman–Crippen MR) is 63.8 cm³/mol. The van der Waals surface area contributed by atoms with E-state index >= 15 is 0 Å². The molecule has 21 heavy (non-hydrogen) atoms. The molecule has 0 aliphatic heterocycles. The Hall–Kier alpha value is -1.96. The highest BCUT2D eigenvalue weighted by molar-refractivity contribution is 6.29. The van der Waals surface area contributed by atoms with Crippen molar-refractivity contribution in [1.82, 2.24) is 4.98 Å². The highest BCUT2D eigenvalue weighted by atomic mass is 35.5. The van der Waals surface area contributed by atoms with Gasteiger partial charge in [-0.3, -0.25) is 0 Å². The van der Waals surface area contributed by atoms with Crippen molar-refractivity contribution in [3.63, 3.8) is 0 Å².